The highest BCUT2D eigenvalue weighted by atomic mass is 16.6. The molecule has 0 radical (unpaired) electrons. The number of aliphatic hydroxyl groups is 1. The molecule has 4 saturated carbocycles. The van der Waals surface area contributed by atoms with E-state index in [2.05, 4.69) is 41.2 Å². The van der Waals surface area contributed by atoms with Crippen LogP contribution in [0.4, 0.5) is 0 Å². The first-order chi connectivity index (χ1) is 14.1. The van der Waals surface area contributed by atoms with Gasteiger partial charge in [0.2, 0.25) is 0 Å². The van der Waals surface area contributed by atoms with Gasteiger partial charge in [-0.1, -0.05) is 46.8 Å². The van der Waals surface area contributed by atoms with Crippen molar-refractivity contribution in [3.63, 3.8) is 0 Å². The largest absolute Gasteiger partial charge is 0.393 e. The zero-order valence-electron chi connectivity index (χ0n) is 20.3. The first-order valence-electron chi connectivity index (χ1n) is 13.2. The van der Waals surface area contributed by atoms with Crippen LogP contribution in [0.5, 0.6) is 0 Å². The molecular formula is C28H46O2. The second-order valence-electron chi connectivity index (χ2n) is 13.0. The number of fused-ring (bicyclic) bond motifs is 4. The van der Waals surface area contributed by atoms with E-state index in [1.807, 2.05) is 0 Å². The van der Waals surface area contributed by atoms with Crippen molar-refractivity contribution in [3.05, 3.63) is 12.2 Å². The SMILES string of the molecule is C=C(CC[C@@H](C)[C@H]1CC[C@H]2[C@@H]3C[C@H]4O[C@]45C[C@@H](O)CC[C@]5(C)[C@H]3CC[C@]12C)C(C)C. The van der Waals surface area contributed by atoms with Crippen molar-refractivity contribution in [1.29, 1.82) is 0 Å². The molecule has 5 fully saturated rings. The molecule has 170 valence electrons. The first-order valence-corrected chi connectivity index (χ1v) is 13.2. The lowest BCUT2D eigenvalue weighted by atomic mass is 9.44. The summed E-state index contributed by atoms with van der Waals surface area (Å²) in [6.07, 6.45) is 12.9. The number of hydrogen-bond donors (Lipinski definition) is 1. The van der Waals surface area contributed by atoms with Crippen LogP contribution in [0.2, 0.25) is 0 Å². The monoisotopic (exact) mass is 414 g/mol. The predicted molar refractivity (Wildman–Crippen MR) is 123 cm³/mol. The highest BCUT2D eigenvalue weighted by molar-refractivity contribution is 5.24. The van der Waals surface area contributed by atoms with Crippen molar-refractivity contribution in [2.45, 2.75) is 117 Å². The molecule has 0 bridgehead atoms. The number of hydrogen-bond acceptors (Lipinski definition) is 2. The fourth-order valence-electron chi connectivity index (χ4n) is 9.54. The lowest BCUT2D eigenvalue weighted by molar-refractivity contribution is -0.116. The third-order valence-corrected chi connectivity index (χ3v) is 11.6. The van der Waals surface area contributed by atoms with Crippen LogP contribution < -0.4 is 0 Å². The number of allylic oxidation sites excluding steroid dienone is 1. The molecule has 1 N–H and O–H groups in total. The maximum Gasteiger partial charge on any atom is 0.103 e. The van der Waals surface area contributed by atoms with Crippen molar-refractivity contribution in [1.82, 2.24) is 0 Å². The molecule has 2 nitrogen and oxygen atoms in total. The van der Waals surface area contributed by atoms with Crippen LogP contribution in [0.15, 0.2) is 12.2 Å². The Labute approximate surface area is 185 Å². The van der Waals surface area contributed by atoms with E-state index in [1.54, 1.807) is 0 Å². The summed E-state index contributed by atoms with van der Waals surface area (Å²) in [6, 6.07) is 0. The molecule has 0 aromatic carbocycles. The average molecular weight is 415 g/mol. The topological polar surface area (TPSA) is 32.8 Å². The third kappa shape index (κ3) is 2.88. The van der Waals surface area contributed by atoms with Gasteiger partial charge in [0, 0.05) is 11.8 Å². The Morgan fingerprint density at radius 2 is 1.83 bits per heavy atom. The number of ether oxygens (including phenoxy) is 1. The van der Waals surface area contributed by atoms with Crippen molar-refractivity contribution < 1.29 is 9.84 Å². The molecular weight excluding hydrogens is 368 g/mol. The minimum absolute atomic E-state index is 0.0298. The number of epoxide rings is 1. The van der Waals surface area contributed by atoms with Gasteiger partial charge in [-0.3, -0.25) is 0 Å². The van der Waals surface area contributed by atoms with Crippen LogP contribution in [0.25, 0.3) is 0 Å². The molecule has 4 aliphatic carbocycles. The maximum absolute atomic E-state index is 10.4. The summed E-state index contributed by atoms with van der Waals surface area (Å²) in [4.78, 5) is 0. The maximum atomic E-state index is 10.4. The minimum Gasteiger partial charge on any atom is -0.393 e. The molecule has 1 heterocycles. The van der Waals surface area contributed by atoms with Crippen molar-refractivity contribution in [3.8, 4) is 0 Å². The highest BCUT2D eigenvalue weighted by Gasteiger charge is 2.76. The van der Waals surface area contributed by atoms with E-state index in [0.29, 0.717) is 22.9 Å². The van der Waals surface area contributed by atoms with Gasteiger partial charge in [0.05, 0.1) is 12.2 Å². The van der Waals surface area contributed by atoms with Gasteiger partial charge < -0.3 is 9.84 Å². The molecule has 1 saturated heterocycles. The van der Waals surface area contributed by atoms with E-state index in [1.165, 1.54) is 56.9 Å². The fraction of sp³-hybridized carbons (Fsp3) is 0.929. The molecule has 0 aromatic heterocycles. The second-order valence-corrected chi connectivity index (χ2v) is 13.0. The molecule has 5 rings (SSSR count). The summed E-state index contributed by atoms with van der Waals surface area (Å²) < 4.78 is 6.51. The average Bonchev–Trinajstić information content (AvgIpc) is 3.27. The molecule has 1 spiro atoms. The quantitative estimate of drug-likeness (QED) is 0.398. The van der Waals surface area contributed by atoms with Gasteiger partial charge in [0.15, 0.2) is 0 Å². The minimum atomic E-state index is -0.134. The Bertz CT molecular complexity index is 699. The molecule has 0 unspecified atom stereocenters. The second kappa shape index (κ2) is 7.08. The van der Waals surface area contributed by atoms with Crippen LogP contribution in [0.3, 0.4) is 0 Å². The Kier molecular flexibility index (Phi) is 5.07. The summed E-state index contributed by atoms with van der Waals surface area (Å²) in [5, 5.41) is 10.4. The molecule has 2 heteroatoms. The normalized spacial score (nSPS) is 52.8. The lowest BCUT2D eigenvalue weighted by Gasteiger charge is -2.59. The summed E-state index contributed by atoms with van der Waals surface area (Å²) in [7, 11) is 0. The van der Waals surface area contributed by atoms with Crippen molar-refractivity contribution in [2.24, 2.45) is 46.3 Å². The molecule has 10 atom stereocenters. The Morgan fingerprint density at radius 1 is 1.07 bits per heavy atom. The van der Waals surface area contributed by atoms with Crippen LogP contribution in [0.1, 0.15) is 98.8 Å². The molecule has 0 aromatic rings. The summed E-state index contributed by atoms with van der Waals surface area (Å²) in [5.41, 5.74) is 2.30. The van der Waals surface area contributed by atoms with Crippen LogP contribution in [-0.4, -0.2) is 22.9 Å². The third-order valence-electron chi connectivity index (χ3n) is 11.6. The summed E-state index contributed by atoms with van der Waals surface area (Å²) in [5.74, 6) is 4.88. The Morgan fingerprint density at radius 3 is 2.57 bits per heavy atom. The molecule has 0 amide bonds. The van der Waals surface area contributed by atoms with E-state index in [0.717, 1.165) is 42.4 Å². The molecule has 5 aliphatic rings. The lowest BCUT2D eigenvalue weighted by Crippen LogP contribution is -2.58. The van der Waals surface area contributed by atoms with E-state index in [9.17, 15) is 5.11 Å². The summed E-state index contributed by atoms with van der Waals surface area (Å²) in [6.45, 7) is 16.7. The fourth-order valence-corrected chi connectivity index (χ4v) is 9.54. The van der Waals surface area contributed by atoms with Gasteiger partial charge in [0.1, 0.15) is 5.60 Å². The summed E-state index contributed by atoms with van der Waals surface area (Å²) >= 11 is 0. The van der Waals surface area contributed by atoms with E-state index in [4.69, 9.17) is 4.74 Å². The zero-order chi connectivity index (χ0) is 21.5. The first kappa shape index (κ1) is 21.5. The predicted octanol–water partition coefficient (Wildman–Crippen LogP) is 6.77. The van der Waals surface area contributed by atoms with Gasteiger partial charge >= 0.3 is 0 Å². The van der Waals surface area contributed by atoms with Gasteiger partial charge in [-0.25, -0.2) is 0 Å². The van der Waals surface area contributed by atoms with E-state index < -0.39 is 0 Å². The zero-order valence-corrected chi connectivity index (χ0v) is 20.3. The standard InChI is InChI=1S/C28H46O2/c1-17(2)18(3)7-8-19(4)22-9-10-23-21-15-25-28(30-25)16-20(29)11-14-27(28,6)24(21)12-13-26(22,23)5/h17,19-25,29H,3,7-16H2,1-2,4-6H3/t19-,20+,21+,22-,23+,24+,25-,26-,27-,28-/m1/s1. The van der Waals surface area contributed by atoms with Gasteiger partial charge in [-0.15, -0.1) is 0 Å². The highest BCUT2D eigenvalue weighted by Crippen LogP contribution is 2.74. The van der Waals surface area contributed by atoms with Crippen LogP contribution >= 0.6 is 0 Å². The van der Waals surface area contributed by atoms with Gasteiger partial charge in [0.25, 0.3) is 0 Å². The van der Waals surface area contributed by atoms with Crippen molar-refractivity contribution >= 4 is 0 Å². The molecule has 30 heavy (non-hydrogen) atoms. The van der Waals surface area contributed by atoms with Crippen LogP contribution in [-0.2, 0) is 4.74 Å². The number of rotatable bonds is 5. The van der Waals surface area contributed by atoms with Gasteiger partial charge in [-0.2, -0.15) is 0 Å². The smallest absolute Gasteiger partial charge is 0.103 e. The molecule has 1 aliphatic heterocycles. The van der Waals surface area contributed by atoms with Crippen molar-refractivity contribution in [2.75, 3.05) is 0 Å². The van der Waals surface area contributed by atoms with E-state index in [-0.39, 0.29) is 11.7 Å². The number of aliphatic hydroxyl groups excluding tert-OH is 1. The Hall–Kier alpha value is -0.340. The van der Waals surface area contributed by atoms with Gasteiger partial charge in [-0.05, 0) is 98.7 Å². The Balaban J connectivity index is 1.33. The van der Waals surface area contributed by atoms with Crippen LogP contribution in [0, 0.1) is 46.3 Å². The van der Waals surface area contributed by atoms with E-state index >= 15 is 0 Å².